The first-order valence-corrected chi connectivity index (χ1v) is 8.41. The summed E-state index contributed by atoms with van der Waals surface area (Å²) in [5.74, 6) is 1.71. The number of hydrogen-bond donors (Lipinski definition) is 0. The van der Waals surface area contributed by atoms with E-state index in [0.29, 0.717) is 0 Å². The molecule has 0 N–H and O–H groups in total. The summed E-state index contributed by atoms with van der Waals surface area (Å²) in [4.78, 5) is 0. The monoisotopic (exact) mass is 252 g/mol. The molecule has 18 heavy (non-hydrogen) atoms. The summed E-state index contributed by atoms with van der Waals surface area (Å²) in [6.07, 6.45) is 18.7. The lowest BCUT2D eigenvalue weighted by atomic mass is 9.94. The highest BCUT2D eigenvalue weighted by Crippen LogP contribution is 2.19. The van der Waals surface area contributed by atoms with Crippen LogP contribution < -0.4 is 0 Å². The molecule has 0 saturated carbocycles. The Kier molecular flexibility index (Phi) is 13.0. The molecule has 0 aliphatic rings. The van der Waals surface area contributed by atoms with Gasteiger partial charge in [0.15, 0.2) is 0 Å². The van der Waals surface area contributed by atoms with Crippen LogP contribution in [0, 0.1) is 11.8 Å². The predicted molar refractivity (Wildman–Crippen MR) is 85.0 cm³/mol. The van der Waals surface area contributed by atoms with Gasteiger partial charge in [-0.3, -0.25) is 0 Å². The molecule has 0 saturated heterocycles. The number of unbranched alkanes of at least 4 members (excludes halogenated alkanes) is 4. The Hall–Kier alpha value is -0.260. The Morgan fingerprint density at radius 1 is 0.833 bits per heavy atom. The molecular weight excluding hydrogens is 216 g/mol. The van der Waals surface area contributed by atoms with Gasteiger partial charge in [0.1, 0.15) is 0 Å². The Morgan fingerprint density at radius 3 is 2.17 bits per heavy atom. The quantitative estimate of drug-likeness (QED) is 0.266. The first-order valence-electron chi connectivity index (χ1n) is 8.41. The molecule has 0 aromatic carbocycles. The van der Waals surface area contributed by atoms with Crippen molar-refractivity contribution in [2.45, 2.75) is 91.9 Å². The largest absolute Gasteiger partial charge is 0.0880 e. The van der Waals surface area contributed by atoms with E-state index in [4.69, 9.17) is 0 Å². The maximum absolute atomic E-state index is 2.45. The molecule has 108 valence electrons. The Balaban J connectivity index is 3.67. The minimum Gasteiger partial charge on any atom is -0.0880 e. The number of hydrogen-bond acceptors (Lipinski definition) is 0. The maximum Gasteiger partial charge on any atom is -0.0262 e. The van der Waals surface area contributed by atoms with Gasteiger partial charge in [0, 0.05) is 0 Å². The van der Waals surface area contributed by atoms with Crippen molar-refractivity contribution in [1.29, 1.82) is 0 Å². The summed E-state index contributed by atoms with van der Waals surface area (Å²) < 4.78 is 0. The zero-order chi connectivity index (χ0) is 13.6. The maximum atomic E-state index is 2.45. The van der Waals surface area contributed by atoms with Crippen molar-refractivity contribution in [3.05, 3.63) is 12.2 Å². The van der Waals surface area contributed by atoms with Gasteiger partial charge in [-0.1, -0.05) is 91.2 Å². The van der Waals surface area contributed by atoms with Gasteiger partial charge in [0.05, 0.1) is 0 Å². The lowest BCUT2D eigenvalue weighted by Gasteiger charge is -2.12. The second-order valence-corrected chi connectivity index (χ2v) is 5.91. The molecule has 0 fully saturated rings. The van der Waals surface area contributed by atoms with E-state index in [1.807, 2.05) is 0 Å². The van der Waals surface area contributed by atoms with Crippen molar-refractivity contribution < 1.29 is 0 Å². The van der Waals surface area contributed by atoms with Crippen molar-refractivity contribution in [3.8, 4) is 0 Å². The summed E-state index contributed by atoms with van der Waals surface area (Å²) in [7, 11) is 0. The van der Waals surface area contributed by atoms with Crippen LogP contribution in [-0.2, 0) is 0 Å². The van der Waals surface area contributed by atoms with E-state index in [9.17, 15) is 0 Å². The molecule has 0 spiro atoms. The van der Waals surface area contributed by atoms with Gasteiger partial charge in [-0.25, -0.2) is 0 Å². The minimum absolute atomic E-state index is 0.780. The third kappa shape index (κ3) is 10.9. The third-order valence-electron chi connectivity index (χ3n) is 3.99. The van der Waals surface area contributed by atoms with E-state index in [-0.39, 0.29) is 0 Å². The van der Waals surface area contributed by atoms with Crippen LogP contribution in [0.4, 0.5) is 0 Å². The molecule has 0 heterocycles. The van der Waals surface area contributed by atoms with Crippen molar-refractivity contribution in [1.82, 2.24) is 0 Å². The molecule has 0 amide bonds. The van der Waals surface area contributed by atoms with Gasteiger partial charge in [-0.2, -0.15) is 0 Å². The van der Waals surface area contributed by atoms with Gasteiger partial charge in [-0.05, 0) is 24.7 Å². The summed E-state index contributed by atoms with van der Waals surface area (Å²) in [6.45, 7) is 9.27. The van der Waals surface area contributed by atoms with Crippen molar-refractivity contribution in [2.75, 3.05) is 0 Å². The first kappa shape index (κ1) is 17.7. The smallest absolute Gasteiger partial charge is 0.0262 e. The lowest BCUT2D eigenvalue weighted by molar-refractivity contribution is 0.444. The van der Waals surface area contributed by atoms with Gasteiger partial charge < -0.3 is 0 Å². The van der Waals surface area contributed by atoms with Crippen LogP contribution in [0.3, 0.4) is 0 Å². The van der Waals surface area contributed by atoms with Crippen LogP contribution in [0.1, 0.15) is 91.9 Å². The van der Waals surface area contributed by atoms with Crippen LogP contribution in [0.5, 0.6) is 0 Å². The summed E-state index contributed by atoms with van der Waals surface area (Å²) in [5.41, 5.74) is 0. The molecule has 0 aliphatic carbocycles. The van der Waals surface area contributed by atoms with Gasteiger partial charge in [0.2, 0.25) is 0 Å². The van der Waals surface area contributed by atoms with E-state index in [0.717, 1.165) is 11.8 Å². The molecule has 0 aromatic heterocycles. The highest BCUT2D eigenvalue weighted by molar-refractivity contribution is 4.87. The van der Waals surface area contributed by atoms with Crippen LogP contribution in [0.2, 0.25) is 0 Å². The molecule has 0 rings (SSSR count). The van der Waals surface area contributed by atoms with E-state index in [2.05, 4.69) is 39.8 Å². The molecule has 0 aliphatic heterocycles. The minimum atomic E-state index is 0.780. The van der Waals surface area contributed by atoms with E-state index >= 15 is 0 Å². The summed E-state index contributed by atoms with van der Waals surface area (Å²) in [5, 5.41) is 0. The predicted octanol–water partition coefficient (Wildman–Crippen LogP) is 6.76. The fraction of sp³-hybridized carbons (Fsp3) is 0.889. The van der Waals surface area contributed by atoms with Crippen LogP contribution in [0.15, 0.2) is 12.2 Å². The molecule has 0 nitrogen and oxygen atoms in total. The highest BCUT2D eigenvalue weighted by Gasteiger charge is 2.04. The number of rotatable bonds is 12. The molecular formula is C18H36. The fourth-order valence-corrected chi connectivity index (χ4v) is 2.47. The standard InChI is InChI=1S/C18H36/c1-5-8-10-11-15-18(7-3)16-12-14-17(4)13-9-6-2/h12,14,17-18H,5-11,13,15-16H2,1-4H3. The molecule has 2 unspecified atom stereocenters. The third-order valence-corrected chi connectivity index (χ3v) is 3.99. The normalized spacial score (nSPS) is 15.1. The second-order valence-electron chi connectivity index (χ2n) is 5.91. The second kappa shape index (κ2) is 13.2. The molecule has 0 heteroatoms. The number of allylic oxidation sites excluding steroid dienone is 2. The Labute approximate surface area is 116 Å². The van der Waals surface area contributed by atoms with E-state index in [1.54, 1.807) is 0 Å². The first-order chi connectivity index (χ1) is 8.74. The van der Waals surface area contributed by atoms with Gasteiger partial charge in [0.25, 0.3) is 0 Å². The average Bonchev–Trinajstić information content (AvgIpc) is 2.39. The molecule has 2 atom stereocenters. The lowest BCUT2D eigenvalue weighted by Crippen LogP contribution is -1.98. The Morgan fingerprint density at radius 2 is 1.56 bits per heavy atom. The topological polar surface area (TPSA) is 0 Å². The van der Waals surface area contributed by atoms with Crippen molar-refractivity contribution in [3.63, 3.8) is 0 Å². The average molecular weight is 252 g/mol. The van der Waals surface area contributed by atoms with E-state index in [1.165, 1.54) is 64.2 Å². The van der Waals surface area contributed by atoms with Crippen molar-refractivity contribution in [2.24, 2.45) is 11.8 Å². The van der Waals surface area contributed by atoms with E-state index < -0.39 is 0 Å². The Bertz CT molecular complexity index is 180. The van der Waals surface area contributed by atoms with Crippen LogP contribution in [-0.4, -0.2) is 0 Å². The van der Waals surface area contributed by atoms with Crippen LogP contribution >= 0.6 is 0 Å². The summed E-state index contributed by atoms with van der Waals surface area (Å²) >= 11 is 0. The van der Waals surface area contributed by atoms with Crippen LogP contribution in [0.25, 0.3) is 0 Å². The molecule has 0 bridgehead atoms. The van der Waals surface area contributed by atoms with Crippen molar-refractivity contribution >= 4 is 0 Å². The zero-order valence-corrected chi connectivity index (χ0v) is 13.4. The van der Waals surface area contributed by atoms with Gasteiger partial charge >= 0.3 is 0 Å². The molecule has 0 radical (unpaired) electrons. The highest BCUT2D eigenvalue weighted by atomic mass is 14.1. The fourth-order valence-electron chi connectivity index (χ4n) is 2.47. The molecule has 0 aromatic rings. The SMILES string of the molecule is CCCCCCC(CC)CC=CC(C)CCCC. The zero-order valence-electron chi connectivity index (χ0n) is 13.4. The van der Waals surface area contributed by atoms with Gasteiger partial charge in [-0.15, -0.1) is 0 Å². The summed E-state index contributed by atoms with van der Waals surface area (Å²) in [6, 6.07) is 0.